The minimum atomic E-state index is -0.355. The largest absolute Gasteiger partial charge is 0.462 e. The molecule has 5 nitrogen and oxygen atoms in total. The van der Waals surface area contributed by atoms with Crippen molar-refractivity contribution < 1.29 is 19.0 Å². The number of hydrogen-bond donors (Lipinski definition) is 1. The molecule has 0 radical (unpaired) electrons. The van der Waals surface area contributed by atoms with E-state index in [4.69, 9.17) is 14.2 Å². The quantitative estimate of drug-likeness (QED) is 0.606. The number of anilines is 1. The highest BCUT2D eigenvalue weighted by Crippen LogP contribution is 2.14. The summed E-state index contributed by atoms with van der Waals surface area (Å²) in [4.78, 5) is 11.6. The third-order valence-electron chi connectivity index (χ3n) is 2.64. The third kappa shape index (κ3) is 4.54. The molecule has 0 fully saturated rings. The number of ether oxygens (including phenoxy) is 3. The van der Waals surface area contributed by atoms with Crippen molar-refractivity contribution in [1.29, 1.82) is 0 Å². The van der Waals surface area contributed by atoms with E-state index in [1.54, 1.807) is 39.3 Å². The summed E-state index contributed by atoms with van der Waals surface area (Å²) in [6, 6.07) is 7.10. The van der Waals surface area contributed by atoms with E-state index >= 15 is 0 Å². The molecule has 1 aromatic rings. The van der Waals surface area contributed by atoms with Crippen LogP contribution < -0.4 is 5.32 Å². The van der Waals surface area contributed by atoms with Crippen molar-refractivity contribution in [2.24, 2.45) is 0 Å². The molecule has 1 N–H and O–H groups in total. The molecular formula is C14H21NO4. The van der Waals surface area contributed by atoms with Gasteiger partial charge in [0.2, 0.25) is 0 Å². The average molecular weight is 267 g/mol. The average Bonchev–Trinajstić information content (AvgIpc) is 2.40. The van der Waals surface area contributed by atoms with Gasteiger partial charge in [-0.15, -0.1) is 0 Å². The van der Waals surface area contributed by atoms with Gasteiger partial charge in [-0.05, 0) is 32.0 Å². The fourth-order valence-electron chi connectivity index (χ4n) is 1.79. The second-order valence-corrected chi connectivity index (χ2v) is 4.07. The van der Waals surface area contributed by atoms with Crippen molar-refractivity contribution >= 4 is 11.7 Å². The molecule has 0 aliphatic heterocycles. The predicted molar refractivity (Wildman–Crippen MR) is 73.3 cm³/mol. The first kappa shape index (κ1) is 15.5. The van der Waals surface area contributed by atoms with E-state index in [1.165, 1.54) is 0 Å². The maximum Gasteiger partial charge on any atom is 0.338 e. The van der Waals surface area contributed by atoms with Crippen LogP contribution >= 0.6 is 0 Å². The molecule has 0 saturated heterocycles. The number of benzene rings is 1. The lowest BCUT2D eigenvalue weighted by molar-refractivity contribution is -0.109. The molecule has 0 amide bonds. The molecule has 1 aromatic carbocycles. The molecular weight excluding hydrogens is 246 g/mol. The van der Waals surface area contributed by atoms with Gasteiger partial charge in [-0.1, -0.05) is 6.07 Å². The smallest absolute Gasteiger partial charge is 0.338 e. The third-order valence-corrected chi connectivity index (χ3v) is 2.64. The Morgan fingerprint density at radius 1 is 1.32 bits per heavy atom. The fourth-order valence-corrected chi connectivity index (χ4v) is 1.79. The maximum absolute atomic E-state index is 11.6. The summed E-state index contributed by atoms with van der Waals surface area (Å²) in [5.41, 5.74) is 1.34. The Morgan fingerprint density at radius 3 is 2.58 bits per heavy atom. The van der Waals surface area contributed by atoms with Gasteiger partial charge in [0.15, 0.2) is 6.29 Å². The lowest BCUT2D eigenvalue weighted by Gasteiger charge is -2.23. The summed E-state index contributed by atoms with van der Waals surface area (Å²) in [5, 5.41) is 3.22. The van der Waals surface area contributed by atoms with E-state index in [0.29, 0.717) is 12.2 Å². The molecule has 0 heterocycles. The summed E-state index contributed by atoms with van der Waals surface area (Å²) in [7, 11) is 3.17. The topological polar surface area (TPSA) is 56.8 Å². The Bertz CT molecular complexity index is 404. The van der Waals surface area contributed by atoms with Crippen LogP contribution in [0.1, 0.15) is 24.2 Å². The number of carbonyl (C=O) groups excluding carboxylic acids is 1. The van der Waals surface area contributed by atoms with Gasteiger partial charge in [0.1, 0.15) is 0 Å². The first-order valence-electron chi connectivity index (χ1n) is 6.21. The second kappa shape index (κ2) is 7.76. The minimum absolute atomic E-state index is 0.0487. The number of esters is 1. The zero-order valence-electron chi connectivity index (χ0n) is 11.8. The molecule has 1 unspecified atom stereocenters. The minimum Gasteiger partial charge on any atom is -0.462 e. The molecule has 106 valence electrons. The Morgan fingerprint density at radius 2 is 2.00 bits per heavy atom. The van der Waals surface area contributed by atoms with Crippen molar-refractivity contribution in [3.05, 3.63) is 29.8 Å². The summed E-state index contributed by atoms with van der Waals surface area (Å²) in [6.45, 7) is 4.08. The van der Waals surface area contributed by atoms with Gasteiger partial charge >= 0.3 is 5.97 Å². The van der Waals surface area contributed by atoms with Crippen LogP contribution in [0.4, 0.5) is 5.69 Å². The number of nitrogens with one attached hydrogen (secondary N) is 1. The fraction of sp³-hybridized carbons (Fsp3) is 0.500. The van der Waals surface area contributed by atoms with Gasteiger partial charge in [0.05, 0.1) is 18.2 Å². The van der Waals surface area contributed by atoms with E-state index in [0.717, 1.165) is 5.69 Å². The zero-order chi connectivity index (χ0) is 14.3. The van der Waals surface area contributed by atoms with Crippen LogP contribution in [0.5, 0.6) is 0 Å². The van der Waals surface area contributed by atoms with E-state index in [-0.39, 0.29) is 18.3 Å². The van der Waals surface area contributed by atoms with Crippen molar-refractivity contribution in [3.8, 4) is 0 Å². The molecule has 5 heteroatoms. The van der Waals surface area contributed by atoms with Gasteiger partial charge in [0, 0.05) is 19.9 Å². The Balaban J connectivity index is 2.74. The first-order chi connectivity index (χ1) is 9.12. The van der Waals surface area contributed by atoms with Crippen LogP contribution in [-0.2, 0) is 14.2 Å². The van der Waals surface area contributed by atoms with Gasteiger partial charge in [0.25, 0.3) is 0 Å². The highest BCUT2D eigenvalue weighted by molar-refractivity contribution is 5.90. The standard InChI is InChI=1S/C14H21NO4/c1-5-19-13(16)11-7-6-8-12(9-11)15-10(2)14(17-3)18-4/h6-10,14-15H,5H2,1-4H3. The lowest BCUT2D eigenvalue weighted by Crippen LogP contribution is -2.33. The Kier molecular flexibility index (Phi) is 6.32. The second-order valence-electron chi connectivity index (χ2n) is 4.07. The zero-order valence-corrected chi connectivity index (χ0v) is 11.8. The molecule has 1 rings (SSSR count). The van der Waals surface area contributed by atoms with E-state index in [1.807, 2.05) is 13.0 Å². The number of carbonyl (C=O) groups is 1. The summed E-state index contributed by atoms with van der Waals surface area (Å²) in [5.74, 6) is -0.325. The highest BCUT2D eigenvalue weighted by Gasteiger charge is 2.16. The van der Waals surface area contributed by atoms with E-state index in [9.17, 15) is 4.79 Å². The predicted octanol–water partition coefficient (Wildman–Crippen LogP) is 2.28. The first-order valence-corrected chi connectivity index (χ1v) is 6.21. The van der Waals surface area contributed by atoms with Crippen LogP contribution in [0.15, 0.2) is 24.3 Å². The Labute approximate surface area is 113 Å². The SMILES string of the molecule is CCOC(=O)c1cccc(NC(C)C(OC)OC)c1. The molecule has 0 spiro atoms. The lowest BCUT2D eigenvalue weighted by atomic mass is 10.2. The van der Waals surface area contributed by atoms with Gasteiger partial charge < -0.3 is 19.5 Å². The van der Waals surface area contributed by atoms with Crippen LogP contribution in [0.3, 0.4) is 0 Å². The number of hydrogen-bond acceptors (Lipinski definition) is 5. The van der Waals surface area contributed by atoms with Crippen molar-refractivity contribution in [2.45, 2.75) is 26.2 Å². The van der Waals surface area contributed by atoms with Gasteiger partial charge in [-0.2, -0.15) is 0 Å². The molecule has 19 heavy (non-hydrogen) atoms. The van der Waals surface area contributed by atoms with E-state index < -0.39 is 0 Å². The van der Waals surface area contributed by atoms with Crippen LogP contribution in [0.25, 0.3) is 0 Å². The Hall–Kier alpha value is -1.59. The van der Waals surface area contributed by atoms with Crippen molar-refractivity contribution in [2.75, 3.05) is 26.1 Å². The van der Waals surface area contributed by atoms with Gasteiger partial charge in [-0.3, -0.25) is 0 Å². The van der Waals surface area contributed by atoms with Gasteiger partial charge in [-0.25, -0.2) is 4.79 Å². The van der Waals surface area contributed by atoms with Crippen molar-refractivity contribution in [1.82, 2.24) is 0 Å². The van der Waals surface area contributed by atoms with Crippen LogP contribution in [-0.4, -0.2) is 39.1 Å². The molecule has 1 atom stereocenters. The van der Waals surface area contributed by atoms with E-state index in [2.05, 4.69) is 5.32 Å². The molecule has 0 aliphatic carbocycles. The van der Waals surface area contributed by atoms with Crippen LogP contribution in [0, 0.1) is 0 Å². The molecule has 0 bridgehead atoms. The summed E-state index contributed by atoms with van der Waals surface area (Å²) >= 11 is 0. The summed E-state index contributed by atoms with van der Waals surface area (Å²) in [6.07, 6.45) is -0.355. The molecule has 0 aromatic heterocycles. The number of methoxy groups -OCH3 is 2. The highest BCUT2D eigenvalue weighted by atomic mass is 16.7. The normalized spacial score (nSPS) is 12.3. The maximum atomic E-state index is 11.6. The van der Waals surface area contributed by atoms with Crippen LogP contribution in [0.2, 0.25) is 0 Å². The monoisotopic (exact) mass is 267 g/mol. The number of rotatable bonds is 7. The molecule has 0 saturated carbocycles. The molecule has 0 aliphatic rings. The van der Waals surface area contributed by atoms with Crippen molar-refractivity contribution in [3.63, 3.8) is 0 Å². The summed E-state index contributed by atoms with van der Waals surface area (Å²) < 4.78 is 15.3.